The zero-order valence-corrected chi connectivity index (χ0v) is 13.8. The zero-order valence-electron chi connectivity index (χ0n) is 13.0. The molecule has 3 heterocycles. The summed E-state index contributed by atoms with van der Waals surface area (Å²) in [7, 11) is -3.05. The van der Waals surface area contributed by atoms with E-state index in [0.29, 0.717) is 12.5 Å². The van der Waals surface area contributed by atoms with E-state index in [1.807, 2.05) is 11.6 Å². The van der Waals surface area contributed by atoms with E-state index < -0.39 is 10.0 Å². The third-order valence-electron chi connectivity index (χ3n) is 4.78. The van der Waals surface area contributed by atoms with Gasteiger partial charge in [-0.15, -0.1) is 0 Å². The van der Waals surface area contributed by atoms with Crippen LogP contribution in [0.5, 0.6) is 0 Å². The summed E-state index contributed by atoms with van der Waals surface area (Å²) in [5, 5.41) is 4.48. The fraction of sp³-hybridized carbons (Fsp3) is 0.786. The van der Waals surface area contributed by atoms with E-state index >= 15 is 0 Å². The summed E-state index contributed by atoms with van der Waals surface area (Å²) in [6.45, 7) is 8.48. The van der Waals surface area contributed by atoms with E-state index in [1.54, 1.807) is 4.31 Å². The van der Waals surface area contributed by atoms with Gasteiger partial charge in [-0.2, -0.15) is 9.40 Å². The topological polar surface area (TPSA) is 58.4 Å². The first-order valence-electron chi connectivity index (χ1n) is 7.60. The highest BCUT2D eigenvalue weighted by Crippen LogP contribution is 2.34. The molecule has 3 rings (SSSR count). The first kappa shape index (κ1) is 15.0. The van der Waals surface area contributed by atoms with Gasteiger partial charge >= 0.3 is 0 Å². The number of sulfonamides is 1. The third kappa shape index (κ3) is 2.86. The van der Waals surface area contributed by atoms with E-state index in [2.05, 4.69) is 23.1 Å². The van der Waals surface area contributed by atoms with Crippen LogP contribution in [-0.4, -0.2) is 59.3 Å². The molecule has 0 spiro atoms. The highest BCUT2D eigenvalue weighted by atomic mass is 32.2. The summed E-state index contributed by atoms with van der Waals surface area (Å²) in [4.78, 5) is 2.36. The van der Waals surface area contributed by atoms with Gasteiger partial charge in [0.25, 0.3) is 0 Å². The van der Waals surface area contributed by atoms with Crippen molar-refractivity contribution in [2.75, 3.05) is 25.9 Å². The number of hydrogen-bond donors (Lipinski definition) is 0. The van der Waals surface area contributed by atoms with Crippen molar-refractivity contribution < 1.29 is 8.42 Å². The molecule has 7 heteroatoms. The second kappa shape index (κ2) is 5.37. The molecule has 0 aliphatic carbocycles. The minimum absolute atomic E-state index is 0.176. The van der Waals surface area contributed by atoms with Crippen LogP contribution in [0.2, 0.25) is 0 Å². The van der Waals surface area contributed by atoms with Crippen molar-refractivity contribution in [1.29, 1.82) is 0 Å². The van der Waals surface area contributed by atoms with E-state index in [-0.39, 0.29) is 6.04 Å². The Morgan fingerprint density at radius 1 is 1.38 bits per heavy atom. The molecule has 0 unspecified atom stereocenters. The molecule has 118 valence electrons. The van der Waals surface area contributed by atoms with Crippen LogP contribution < -0.4 is 0 Å². The number of aromatic nitrogens is 2. The van der Waals surface area contributed by atoms with E-state index in [0.717, 1.165) is 38.3 Å². The van der Waals surface area contributed by atoms with Crippen LogP contribution in [0.25, 0.3) is 0 Å². The van der Waals surface area contributed by atoms with Gasteiger partial charge in [0.1, 0.15) is 0 Å². The van der Waals surface area contributed by atoms with Gasteiger partial charge in [0.05, 0.1) is 11.9 Å². The van der Waals surface area contributed by atoms with Crippen LogP contribution in [0.4, 0.5) is 0 Å². The Hall–Kier alpha value is -0.920. The quantitative estimate of drug-likeness (QED) is 0.820. The van der Waals surface area contributed by atoms with E-state index in [4.69, 9.17) is 0 Å². The molecule has 21 heavy (non-hydrogen) atoms. The average Bonchev–Trinajstić information content (AvgIpc) is 2.72. The fourth-order valence-corrected chi connectivity index (χ4v) is 4.65. The number of hydrogen-bond acceptors (Lipinski definition) is 4. The van der Waals surface area contributed by atoms with Crippen molar-refractivity contribution in [2.45, 2.75) is 39.4 Å². The first-order chi connectivity index (χ1) is 9.88. The van der Waals surface area contributed by atoms with Crippen molar-refractivity contribution in [3.05, 3.63) is 17.5 Å². The molecule has 2 aliphatic heterocycles. The van der Waals surface area contributed by atoms with Gasteiger partial charge in [-0.25, -0.2) is 8.42 Å². The fourth-order valence-electron chi connectivity index (χ4n) is 3.46. The normalized spacial score (nSPS) is 27.4. The largest absolute Gasteiger partial charge is 0.297 e. The molecule has 2 saturated heterocycles. The molecule has 2 fully saturated rings. The summed E-state index contributed by atoms with van der Waals surface area (Å²) in [6.07, 6.45) is 4.52. The molecular formula is C14H24N4O2S. The average molecular weight is 312 g/mol. The van der Waals surface area contributed by atoms with Gasteiger partial charge in [0, 0.05) is 44.0 Å². The summed E-state index contributed by atoms with van der Waals surface area (Å²) >= 11 is 0. The lowest BCUT2D eigenvalue weighted by Crippen LogP contribution is -2.65. The second-order valence-corrected chi connectivity index (χ2v) is 8.21. The number of nitrogens with zero attached hydrogens (tertiary/aromatic N) is 4. The molecule has 1 aromatic heterocycles. The lowest BCUT2D eigenvalue weighted by Gasteiger charge is -2.52. The molecule has 2 atom stereocenters. The highest BCUT2D eigenvalue weighted by molar-refractivity contribution is 7.88. The number of fused-ring (bicyclic) bond motifs is 1. The first-order valence-corrected chi connectivity index (χ1v) is 9.45. The molecule has 0 amide bonds. The van der Waals surface area contributed by atoms with E-state index in [9.17, 15) is 8.42 Å². The van der Waals surface area contributed by atoms with Gasteiger partial charge in [-0.05, 0) is 32.7 Å². The molecule has 0 aromatic carbocycles. The van der Waals surface area contributed by atoms with Gasteiger partial charge < -0.3 is 0 Å². The minimum Gasteiger partial charge on any atom is -0.297 e. The van der Waals surface area contributed by atoms with E-state index in [1.165, 1.54) is 11.8 Å². The van der Waals surface area contributed by atoms with Crippen LogP contribution in [0.1, 0.15) is 24.6 Å². The molecule has 0 saturated carbocycles. The van der Waals surface area contributed by atoms with Crippen LogP contribution in [0.3, 0.4) is 0 Å². The Balaban J connectivity index is 1.66. The summed E-state index contributed by atoms with van der Waals surface area (Å²) in [5.74, 6) is 0.551. The maximum Gasteiger partial charge on any atom is 0.211 e. The van der Waals surface area contributed by atoms with Crippen LogP contribution in [-0.2, 0) is 23.1 Å². The van der Waals surface area contributed by atoms with Crippen LogP contribution in [0, 0.1) is 12.8 Å². The standard InChI is InChI=1S/C14H24N4O2S/c1-4-17-8-13(11(2)15-17)7-16-6-5-12-9-18(14(12)10-16)21(3,19)20/h8,12,14H,4-7,9-10H2,1-3H3/t12-,14-/m1/s1. The van der Waals surface area contributed by atoms with Gasteiger partial charge in [-0.1, -0.05) is 0 Å². The van der Waals surface area contributed by atoms with Crippen LogP contribution in [0.15, 0.2) is 6.20 Å². The molecular weight excluding hydrogens is 288 g/mol. The predicted octanol–water partition coefficient (Wildman–Crippen LogP) is 0.677. The Labute approximate surface area is 126 Å². The molecule has 1 aromatic rings. The molecule has 0 bridgehead atoms. The molecule has 6 nitrogen and oxygen atoms in total. The molecule has 2 aliphatic rings. The smallest absolute Gasteiger partial charge is 0.211 e. The molecule has 0 radical (unpaired) electrons. The summed E-state index contributed by atoms with van der Waals surface area (Å²) in [6, 6.07) is 0.176. The van der Waals surface area contributed by atoms with Crippen molar-refractivity contribution in [3.63, 3.8) is 0 Å². The van der Waals surface area contributed by atoms with Crippen molar-refractivity contribution >= 4 is 10.0 Å². The lowest BCUT2D eigenvalue weighted by atomic mass is 9.85. The Kier molecular flexibility index (Phi) is 3.83. The van der Waals surface area contributed by atoms with Gasteiger partial charge in [0.15, 0.2) is 0 Å². The van der Waals surface area contributed by atoms with Crippen LogP contribution >= 0.6 is 0 Å². The SMILES string of the molecule is CCn1cc(CN2CC[C@@H]3CN(S(C)(=O)=O)[C@@H]3C2)c(C)n1. The number of rotatable bonds is 4. The lowest BCUT2D eigenvalue weighted by molar-refractivity contribution is 0.0109. The zero-order chi connectivity index (χ0) is 15.2. The summed E-state index contributed by atoms with van der Waals surface area (Å²) < 4.78 is 27.1. The predicted molar refractivity (Wildman–Crippen MR) is 81.4 cm³/mol. The Morgan fingerprint density at radius 3 is 2.76 bits per heavy atom. The highest BCUT2D eigenvalue weighted by Gasteiger charge is 2.46. The van der Waals surface area contributed by atoms with Crippen molar-refractivity contribution in [2.24, 2.45) is 5.92 Å². The Morgan fingerprint density at radius 2 is 2.14 bits per heavy atom. The van der Waals surface area contributed by atoms with Gasteiger partial charge in [0.2, 0.25) is 10.0 Å². The number of piperidine rings is 1. The van der Waals surface area contributed by atoms with Crippen molar-refractivity contribution in [3.8, 4) is 0 Å². The maximum absolute atomic E-state index is 11.7. The monoisotopic (exact) mass is 312 g/mol. The number of aryl methyl sites for hydroxylation is 2. The minimum atomic E-state index is -3.05. The second-order valence-electron chi connectivity index (χ2n) is 6.28. The molecule has 0 N–H and O–H groups in total. The maximum atomic E-state index is 11.7. The van der Waals surface area contributed by atoms with Gasteiger partial charge in [-0.3, -0.25) is 9.58 Å². The van der Waals surface area contributed by atoms with Crippen molar-refractivity contribution in [1.82, 2.24) is 19.0 Å². The third-order valence-corrected chi connectivity index (χ3v) is 6.05. The Bertz CT molecular complexity index is 625. The number of likely N-dealkylation sites (tertiary alicyclic amines) is 1. The summed E-state index contributed by atoms with van der Waals surface area (Å²) in [5.41, 5.74) is 2.33.